The molecule has 2 heterocycles. The molecular formula is C13H17N3O3S. The highest BCUT2D eigenvalue weighted by molar-refractivity contribution is 7.80. The van der Waals surface area contributed by atoms with Gasteiger partial charge in [-0.05, 0) is 12.5 Å². The second-order valence-electron chi connectivity index (χ2n) is 4.57. The molecular weight excluding hydrogens is 278 g/mol. The number of rotatable bonds is 4. The van der Waals surface area contributed by atoms with Gasteiger partial charge in [0.05, 0.1) is 30.5 Å². The Labute approximate surface area is 122 Å². The number of hydrogen-bond acceptors (Lipinski definition) is 6. The van der Waals surface area contributed by atoms with E-state index in [1.807, 2.05) is 11.0 Å². The maximum Gasteiger partial charge on any atom is 0.256 e. The number of anilines is 1. The monoisotopic (exact) mass is 295 g/mol. The van der Waals surface area contributed by atoms with E-state index in [9.17, 15) is 9.90 Å². The van der Waals surface area contributed by atoms with Crippen LogP contribution in [-0.2, 0) is 4.79 Å². The quantitative estimate of drug-likeness (QED) is 0.788. The van der Waals surface area contributed by atoms with Crippen LogP contribution in [-0.4, -0.2) is 47.3 Å². The minimum atomic E-state index is -0.423. The fraction of sp³-hybridized carbons (Fsp3) is 0.462. The van der Waals surface area contributed by atoms with Gasteiger partial charge in [0.15, 0.2) is 0 Å². The molecule has 0 saturated carbocycles. The summed E-state index contributed by atoms with van der Waals surface area (Å²) in [4.78, 5) is 17.6. The Kier molecular flexibility index (Phi) is 4.86. The minimum Gasteiger partial charge on any atom is -0.481 e. The smallest absolute Gasteiger partial charge is 0.256 e. The van der Waals surface area contributed by atoms with Crippen molar-refractivity contribution < 1.29 is 14.6 Å². The average molecular weight is 295 g/mol. The molecule has 7 heteroatoms. The molecule has 108 valence electrons. The largest absolute Gasteiger partial charge is 0.481 e. The average Bonchev–Trinajstić information content (AvgIpc) is 2.47. The summed E-state index contributed by atoms with van der Waals surface area (Å²) in [7, 11) is 1.56. The number of piperidine rings is 1. The number of nitrogens with one attached hydrogen (secondary N) is 1. The van der Waals surface area contributed by atoms with Crippen LogP contribution in [0.4, 0.5) is 5.69 Å². The third-order valence-electron chi connectivity index (χ3n) is 3.25. The number of thiocarbonyl (C=S) groups is 1. The minimum absolute atomic E-state index is 0.291. The first-order chi connectivity index (χ1) is 9.63. The van der Waals surface area contributed by atoms with Crippen molar-refractivity contribution in [2.45, 2.75) is 25.1 Å². The maximum atomic E-state index is 11.4. The highest BCUT2D eigenvalue weighted by Crippen LogP contribution is 2.24. The number of aliphatic hydroxyl groups excluding tert-OH is 1. The van der Waals surface area contributed by atoms with Gasteiger partial charge in [0.1, 0.15) is 6.17 Å². The van der Waals surface area contributed by atoms with Crippen LogP contribution < -0.4 is 15.0 Å². The zero-order valence-electron chi connectivity index (χ0n) is 11.2. The highest BCUT2D eigenvalue weighted by atomic mass is 32.1. The van der Waals surface area contributed by atoms with Crippen molar-refractivity contribution in [3.05, 3.63) is 18.3 Å². The molecule has 0 aliphatic carbocycles. The van der Waals surface area contributed by atoms with E-state index in [-0.39, 0.29) is 12.1 Å². The number of methoxy groups -OCH3 is 1. The van der Waals surface area contributed by atoms with Gasteiger partial charge in [-0.3, -0.25) is 4.79 Å². The lowest BCUT2D eigenvalue weighted by molar-refractivity contribution is -0.115. The standard InChI is InChI=1S/C13H17N3O3S/c1-19-13-3-2-9(7-14-13)16-5-4-10(17)6-11(16)15-12(18)8-20/h2-3,7-8,10-11,17H,4-6H2,1H3,(H,15,18). The third-order valence-corrected chi connectivity index (χ3v) is 3.47. The second-order valence-corrected chi connectivity index (χ2v) is 4.81. The Balaban J connectivity index is 2.16. The molecule has 0 radical (unpaired) electrons. The number of pyridine rings is 1. The lowest BCUT2D eigenvalue weighted by Crippen LogP contribution is -2.54. The van der Waals surface area contributed by atoms with Crippen LogP contribution >= 0.6 is 12.2 Å². The van der Waals surface area contributed by atoms with E-state index in [4.69, 9.17) is 4.74 Å². The molecule has 1 aliphatic rings. The maximum absolute atomic E-state index is 11.4. The Morgan fingerprint density at radius 1 is 1.65 bits per heavy atom. The van der Waals surface area contributed by atoms with Gasteiger partial charge in [-0.1, -0.05) is 12.2 Å². The first kappa shape index (κ1) is 14.7. The number of hydrogen-bond donors (Lipinski definition) is 2. The Hall–Kier alpha value is -1.73. The second kappa shape index (κ2) is 6.62. The van der Waals surface area contributed by atoms with Gasteiger partial charge in [-0.15, -0.1) is 0 Å². The fourth-order valence-electron chi connectivity index (χ4n) is 2.25. The molecule has 2 atom stereocenters. The normalized spacial score (nSPS) is 22.2. The van der Waals surface area contributed by atoms with Gasteiger partial charge in [-0.2, -0.15) is 0 Å². The number of carbonyl (C=O) groups is 1. The topological polar surface area (TPSA) is 74.7 Å². The van der Waals surface area contributed by atoms with Crippen molar-refractivity contribution in [3.63, 3.8) is 0 Å². The van der Waals surface area contributed by atoms with Crippen molar-refractivity contribution in [1.82, 2.24) is 10.3 Å². The Morgan fingerprint density at radius 2 is 2.45 bits per heavy atom. The number of aliphatic hydroxyl groups is 1. The van der Waals surface area contributed by atoms with Crippen molar-refractivity contribution in [2.24, 2.45) is 0 Å². The van der Waals surface area contributed by atoms with E-state index in [1.54, 1.807) is 19.4 Å². The van der Waals surface area contributed by atoms with Gasteiger partial charge in [0.25, 0.3) is 5.91 Å². The summed E-state index contributed by atoms with van der Waals surface area (Å²) in [5.41, 5.74) is 0.868. The summed E-state index contributed by atoms with van der Waals surface area (Å²) in [5.74, 6) is 0.204. The van der Waals surface area contributed by atoms with E-state index in [2.05, 4.69) is 22.5 Å². The van der Waals surface area contributed by atoms with Crippen LogP contribution in [0.5, 0.6) is 5.88 Å². The summed E-state index contributed by atoms with van der Waals surface area (Å²) in [5, 5.41) is 13.6. The highest BCUT2D eigenvalue weighted by Gasteiger charge is 2.28. The summed E-state index contributed by atoms with van der Waals surface area (Å²) in [6.07, 6.45) is 2.08. The van der Waals surface area contributed by atoms with E-state index >= 15 is 0 Å². The molecule has 1 fully saturated rings. The zero-order chi connectivity index (χ0) is 14.5. The number of ether oxygens (including phenoxy) is 1. The molecule has 2 N–H and O–H groups in total. The van der Waals surface area contributed by atoms with Gasteiger partial charge >= 0.3 is 0 Å². The van der Waals surface area contributed by atoms with E-state index in [0.717, 1.165) is 11.1 Å². The molecule has 1 amide bonds. The van der Waals surface area contributed by atoms with Gasteiger partial charge in [0.2, 0.25) is 5.88 Å². The van der Waals surface area contributed by atoms with E-state index in [1.165, 1.54) is 0 Å². The van der Waals surface area contributed by atoms with Crippen molar-refractivity contribution in [1.29, 1.82) is 0 Å². The first-order valence-corrected chi connectivity index (χ1v) is 6.81. The number of aromatic nitrogens is 1. The molecule has 6 nitrogen and oxygen atoms in total. The Morgan fingerprint density at radius 3 is 3.05 bits per heavy atom. The summed E-state index contributed by atoms with van der Waals surface area (Å²) >= 11 is 4.61. The van der Waals surface area contributed by atoms with Crippen molar-refractivity contribution in [3.8, 4) is 5.88 Å². The lowest BCUT2D eigenvalue weighted by atomic mass is 10.0. The van der Waals surface area contributed by atoms with Crippen LogP contribution in [0.25, 0.3) is 0 Å². The zero-order valence-corrected chi connectivity index (χ0v) is 12.0. The molecule has 1 aromatic heterocycles. The molecule has 1 aliphatic heterocycles. The number of nitrogens with zero attached hydrogens (tertiary/aromatic N) is 2. The molecule has 0 spiro atoms. The predicted octanol–water partition coefficient (Wildman–Crippen LogP) is 0.493. The summed E-state index contributed by atoms with van der Waals surface area (Å²) < 4.78 is 5.02. The van der Waals surface area contributed by atoms with Crippen molar-refractivity contribution >= 4 is 29.2 Å². The van der Waals surface area contributed by atoms with Crippen LogP contribution in [0.15, 0.2) is 18.3 Å². The Bertz CT molecular complexity index is 480. The molecule has 0 bridgehead atoms. The third kappa shape index (κ3) is 3.43. The first-order valence-electron chi connectivity index (χ1n) is 6.34. The number of carbonyl (C=O) groups excluding carboxylic acids is 1. The van der Waals surface area contributed by atoms with Crippen LogP contribution in [0.2, 0.25) is 0 Å². The van der Waals surface area contributed by atoms with Crippen LogP contribution in [0, 0.1) is 0 Å². The molecule has 1 aromatic rings. The SMILES string of the molecule is COc1ccc(N2CCC(O)CC2NC(=O)C=S)cn1. The van der Waals surface area contributed by atoms with Crippen molar-refractivity contribution in [2.75, 3.05) is 18.6 Å². The van der Waals surface area contributed by atoms with Crippen LogP contribution in [0.3, 0.4) is 0 Å². The fourth-order valence-corrected chi connectivity index (χ4v) is 2.32. The molecule has 20 heavy (non-hydrogen) atoms. The van der Waals surface area contributed by atoms with Gasteiger partial charge < -0.3 is 20.1 Å². The molecule has 2 rings (SSSR count). The predicted molar refractivity (Wildman–Crippen MR) is 79.0 cm³/mol. The summed E-state index contributed by atoms with van der Waals surface area (Å²) in [6, 6.07) is 3.64. The molecule has 0 aromatic carbocycles. The van der Waals surface area contributed by atoms with Gasteiger partial charge in [-0.25, -0.2) is 4.98 Å². The van der Waals surface area contributed by atoms with E-state index in [0.29, 0.717) is 25.3 Å². The molecule has 1 saturated heterocycles. The number of amides is 1. The lowest BCUT2D eigenvalue weighted by Gasteiger charge is -2.39. The summed E-state index contributed by atoms with van der Waals surface area (Å²) in [6.45, 7) is 0.636. The van der Waals surface area contributed by atoms with Gasteiger partial charge in [0, 0.05) is 19.0 Å². The van der Waals surface area contributed by atoms with Crippen LogP contribution in [0.1, 0.15) is 12.8 Å². The van der Waals surface area contributed by atoms with E-state index < -0.39 is 6.10 Å². The molecule has 2 unspecified atom stereocenters.